The molecule has 21 heavy (non-hydrogen) atoms. The van der Waals surface area contributed by atoms with E-state index < -0.39 is 18.5 Å². The molecule has 0 aromatic rings. The normalized spacial score (nSPS) is 31.5. The second-order valence-corrected chi connectivity index (χ2v) is 5.72. The highest BCUT2D eigenvalue weighted by Gasteiger charge is 2.35. The van der Waals surface area contributed by atoms with Crippen LogP contribution in [-0.2, 0) is 14.3 Å². The fourth-order valence-electron chi connectivity index (χ4n) is 2.24. The maximum absolute atomic E-state index is 11.3. The summed E-state index contributed by atoms with van der Waals surface area (Å²) >= 11 is 0. The smallest absolute Gasteiger partial charge is 0.184 e. The van der Waals surface area contributed by atoms with Crippen molar-refractivity contribution in [3.63, 3.8) is 0 Å². The van der Waals surface area contributed by atoms with Crippen LogP contribution >= 0.6 is 0 Å². The first kappa shape index (κ1) is 18.3. The van der Waals surface area contributed by atoms with E-state index in [2.05, 4.69) is 0 Å². The van der Waals surface area contributed by atoms with Gasteiger partial charge in [-0.2, -0.15) is 0 Å². The van der Waals surface area contributed by atoms with Gasteiger partial charge in [-0.3, -0.25) is 4.79 Å². The Hall–Kier alpha value is -0.750. The van der Waals surface area contributed by atoms with Crippen molar-refractivity contribution in [2.75, 3.05) is 0 Å². The van der Waals surface area contributed by atoms with Gasteiger partial charge in [-0.1, -0.05) is 13.0 Å². The Balaban J connectivity index is 2.27. The Labute approximate surface area is 126 Å². The zero-order valence-electron chi connectivity index (χ0n) is 13.2. The van der Waals surface area contributed by atoms with Gasteiger partial charge in [-0.05, 0) is 39.2 Å². The maximum Gasteiger partial charge on any atom is 0.184 e. The summed E-state index contributed by atoms with van der Waals surface area (Å²) in [5.74, 6) is 0.153. The average Bonchev–Trinajstić information content (AvgIpc) is 2.41. The number of ether oxygens (including phenoxy) is 2. The lowest BCUT2D eigenvalue weighted by Gasteiger charge is -2.36. The molecule has 0 saturated carbocycles. The minimum Gasteiger partial charge on any atom is -0.390 e. The van der Waals surface area contributed by atoms with E-state index in [-0.39, 0.29) is 24.4 Å². The fourth-order valence-corrected chi connectivity index (χ4v) is 2.24. The van der Waals surface area contributed by atoms with Gasteiger partial charge in [0.25, 0.3) is 0 Å². The molecule has 0 radical (unpaired) electrons. The number of ketones is 1. The van der Waals surface area contributed by atoms with Crippen LogP contribution in [0.25, 0.3) is 0 Å². The summed E-state index contributed by atoms with van der Waals surface area (Å²) in [6.07, 6.45) is 4.14. The number of hydrogen-bond donors (Lipinski definition) is 2. The van der Waals surface area contributed by atoms with Crippen molar-refractivity contribution in [1.29, 1.82) is 0 Å². The van der Waals surface area contributed by atoms with E-state index in [1.165, 1.54) is 0 Å². The van der Waals surface area contributed by atoms with Crippen LogP contribution in [-0.4, -0.2) is 46.7 Å². The molecule has 1 aliphatic heterocycles. The van der Waals surface area contributed by atoms with Crippen molar-refractivity contribution in [3.05, 3.63) is 12.2 Å². The molecule has 1 rings (SSSR count). The molecule has 2 N–H and O–H groups in total. The number of aliphatic hydroxyl groups is 2. The van der Waals surface area contributed by atoms with Crippen LogP contribution in [0.4, 0.5) is 0 Å². The van der Waals surface area contributed by atoms with E-state index in [0.717, 1.165) is 19.3 Å². The molecular weight excluding hydrogens is 272 g/mol. The van der Waals surface area contributed by atoms with Gasteiger partial charge in [0, 0.05) is 12.8 Å². The lowest BCUT2D eigenvalue weighted by Crippen LogP contribution is -2.48. The molecule has 0 aromatic heterocycles. The van der Waals surface area contributed by atoms with Crippen LogP contribution in [0, 0.1) is 0 Å². The van der Waals surface area contributed by atoms with Crippen LogP contribution in [0.3, 0.4) is 0 Å². The first-order valence-electron chi connectivity index (χ1n) is 7.80. The SMILES string of the molecule is CCCC(=O)/C=C/CC[C@@H](C)O[C@@H]1O[C@@H](C)[C@H](O)C[C@H]1O. The molecule has 0 aliphatic carbocycles. The molecule has 1 aliphatic rings. The predicted octanol–water partition coefficient (Wildman–Crippen LogP) is 1.95. The zero-order chi connectivity index (χ0) is 15.8. The molecule has 5 heteroatoms. The van der Waals surface area contributed by atoms with Gasteiger partial charge in [0.1, 0.15) is 6.10 Å². The van der Waals surface area contributed by atoms with Crippen molar-refractivity contribution >= 4 is 5.78 Å². The molecule has 0 amide bonds. The molecule has 1 heterocycles. The summed E-state index contributed by atoms with van der Waals surface area (Å²) < 4.78 is 11.1. The third-order valence-electron chi connectivity index (χ3n) is 3.59. The van der Waals surface area contributed by atoms with Gasteiger partial charge >= 0.3 is 0 Å². The van der Waals surface area contributed by atoms with Crippen molar-refractivity contribution in [2.45, 2.75) is 83.6 Å². The first-order chi connectivity index (χ1) is 9.93. The summed E-state index contributed by atoms with van der Waals surface area (Å²) in [6.45, 7) is 5.65. The standard InChI is InChI=1S/C16H28O5/c1-4-7-13(17)9-6-5-8-11(2)20-16-15(19)10-14(18)12(3)21-16/h6,9,11-12,14-16,18-19H,4-5,7-8,10H2,1-3H3/b9-6+/t11-,12+,14-,15-,16-/m1/s1. The van der Waals surface area contributed by atoms with Gasteiger partial charge < -0.3 is 19.7 Å². The number of carbonyl (C=O) groups excluding carboxylic acids is 1. The lowest BCUT2D eigenvalue weighted by molar-refractivity contribution is -0.273. The second kappa shape index (κ2) is 9.30. The maximum atomic E-state index is 11.3. The van der Waals surface area contributed by atoms with E-state index in [9.17, 15) is 15.0 Å². The molecular formula is C16H28O5. The van der Waals surface area contributed by atoms with Crippen molar-refractivity contribution in [2.24, 2.45) is 0 Å². The van der Waals surface area contributed by atoms with Gasteiger partial charge in [0.2, 0.25) is 0 Å². The topological polar surface area (TPSA) is 76.0 Å². The quantitative estimate of drug-likeness (QED) is 0.670. The number of rotatable bonds is 8. The first-order valence-corrected chi connectivity index (χ1v) is 7.80. The van der Waals surface area contributed by atoms with E-state index in [4.69, 9.17) is 9.47 Å². The monoisotopic (exact) mass is 300 g/mol. The predicted molar refractivity (Wildman–Crippen MR) is 79.8 cm³/mol. The van der Waals surface area contributed by atoms with Crippen LogP contribution in [0.15, 0.2) is 12.2 Å². The molecule has 5 atom stereocenters. The summed E-state index contributed by atoms with van der Waals surface area (Å²) in [4.78, 5) is 11.3. The summed E-state index contributed by atoms with van der Waals surface area (Å²) in [6, 6.07) is 0. The second-order valence-electron chi connectivity index (χ2n) is 5.72. The van der Waals surface area contributed by atoms with Crippen LogP contribution < -0.4 is 0 Å². The zero-order valence-corrected chi connectivity index (χ0v) is 13.2. The Morgan fingerprint density at radius 1 is 1.43 bits per heavy atom. The van der Waals surface area contributed by atoms with Gasteiger partial charge in [-0.15, -0.1) is 0 Å². The van der Waals surface area contributed by atoms with Crippen molar-refractivity contribution in [3.8, 4) is 0 Å². The van der Waals surface area contributed by atoms with Crippen molar-refractivity contribution < 1.29 is 24.5 Å². The number of aliphatic hydroxyl groups excluding tert-OH is 2. The van der Waals surface area contributed by atoms with Crippen molar-refractivity contribution in [1.82, 2.24) is 0 Å². The van der Waals surface area contributed by atoms with E-state index in [0.29, 0.717) is 6.42 Å². The van der Waals surface area contributed by atoms with Crippen LogP contribution in [0.2, 0.25) is 0 Å². The fraction of sp³-hybridized carbons (Fsp3) is 0.812. The van der Waals surface area contributed by atoms with Gasteiger partial charge in [-0.25, -0.2) is 0 Å². The van der Waals surface area contributed by atoms with E-state index >= 15 is 0 Å². The average molecular weight is 300 g/mol. The molecule has 122 valence electrons. The van der Waals surface area contributed by atoms with Gasteiger partial charge in [0.05, 0.1) is 18.3 Å². The molecule has 0 bridgehead atoms. The summed E-state index contributed by atoms with van der Waals surface area (Å²) in [7, 11) is 0. The summed E-state index contributed by atoms with van der Waals surface area (Å²) in [5.41, 5.74) is 0. The largest absolute Gasteiger partial charge is 0.390 e. The van der Waals surface area contributed by atoms with E-state index in [1.807, 2.05) is 19.9 Å². The minimum absolute atomic E-state index is 0.0852. The van der Waals surface area contributed by atoms with E-state index in [1.54, 1.807) is 13.0 Å². The highest BCUT2D eigenvalue weighted by atomic mass is 16.7. The highest BCUT2D eigenvalue weighted by molar-refractivity contribution is 5.89. The molecule has 1 fully saturated rings. The lowest BCUT2D eigenvalue weighted by atomic mass is 10.0. The molecule has 1 saturated heterocycles. The minimum atomic E-state index is -0.805. The summed E-state index contributed by atoms with van der Waals surface area (Å²) in [5, 5.41) is 19.4. The molecule has 5 nitrogen and oxygen atoms in total. The third-order valence-corrected chi connectivity index (χ3v) is 3.59. The van der Waals surface area contributed by atoms with Gasteiger partial charge in [0.15, 0.2) is 12.1 Å². The molecule has 0 aromatic carbocycles. The molecule has 0 spiro atoms. The van der Waals surface area contributed by atoms with Crippen LogP contribution in [0.5, 0.6) is 0 Å². The molecule has 0 unspecified atom stereocenters. The number of hydrogen-bond acceptors (Lipinski definition) is 5. The number of carbonyl (C=O) groups is 1. The Bertz CT molecular complexity index is 342. The highest BCUT2D eigenvalue weighted by Crippen LogP contribution is 2.22. The Morgan fingerprint density at radius 3 is 2.81 bits per heavy atom. The number of allylic oxidation sites excluding steroid dienone is 2. The Morgan fingerprint density at radius 2 is 2.14 bits per heavy atom. The Kier molecular flexibility index (Phi) is 8.11. The third kappa shape index (κ3) is 6.70. The van der Waals surface area contributed by atoms with Crippen LogP contribution in [0.1, 0.15) is 52.9 Å².